The maximum Gasteiger partial charge on any atom is 0.244 e. The van der Waals surface area contributed by atoms with E-state index in [1.807, 2.05) is 0 Å². The zero-order valence-electron chi connectivity index (χ0n) is 13.7. The number of amides is 1. The van der Waals surface area contributed by atoms with Crippen LogP contribution in [-0.2, 0) is 9.53 Å². The number of hydrogen-bond acceptors (Lipinski definition) is 3. The van der Waals surface area contributed by atoms with Crippen molar-refractivity contribution >= 4 is 5.91 Å². The van der Waals surface area contributed by atoms with Crippen molar-refractivity contribution < 1.29 is 9.53 Å². The maximum absolute atomic E-state index is 13.1. The Bertz CT molecular complexity index is 384. The van der Waals surface area contributed by atoms with E-state index >= 15 is 0 Å². The molecule has 2 saturated heterocycles. The van der Waals surface area contributed by atoms with Crippen molar-refractivity contribution in [1.82, 2.24) is 10.2 Å². The van der Waals surface area contributed by atoms with Gasteiger partial charge >= 0.3 is 0 Å². The van der Waals surface area contributed by atoms with Gasteiger partial charge in [0.15, 0.2) is 0 Å². The molecule has 3 atom stereocenters. The van der Waals surface area contributed by atoms with Gasteiger partial charge in [-0.25, -0.2) is 0 Å². The second-order valence-corrected chi connectivity index (χ2v) is 7.66. The number of nitrogens with one attached hydrogen (secondary N) is 1. The molecule has 4 heteroatoms. The summed E-state index contributed by atoms with van der Waals surface area (Å²) >= 11 is 0. The fourth-order valence-electron chi connectivity index (χ4n) is 4.42. The zero-order valence-corrected chi connectivity index (χ0v) is 13.7. The standard InChI is InChI=1S/C17H30N2O2/c1-12(2)10-15-18-17(7-4-5-8-17)16(20)19(15)13(3)14-6-9-21-11-14/h12-15,18H,4-11H2,1-3H3. The van der Waals surface area contributed by atoms with Crippen molar-refractivity contribution in [2.45, 2.75) is 77.0 Å². The van der Waals surface area contributed by atoms with Crippen LogP contribution in [0.5, 0.6) is 0 Å². The fraction of sp³-hybridized carbons (Fsp3) is 0.941. The molecule has 0 radical (unpaired) electrons. The highest BCUT2D eigenvalue weighted by Crippen LogP contribution is 2.39. The van der Waals surface area contributed by atoms with Gasteiger partial charge in [0, 0.05) is 18.6 Å². The Morgan fingerprint density at radius 3 is 2.62 bits per heavy atom. The van der Waals surface area contributed by atoms with Crippen LogP contribution in [0.2, 0.25) is 0 Å². The molecule has 1 saturated carbocycles. The molecule has 0 aromatic carbocycles. The smallest absolute Gasteiger partial charge is 0.244 e. The third-order valence-electron chi connectivity index (χ3n) is 5.66. The van der Waals surface area contributed by atoms with Crippen molar-refractivity contribution in [1.29, 1.82) is 0 Å². The molecule has 1 spiro atoms. The van der Waals surface area contributed by atoms with E-state index in [4.69, 9.17) is 4.74 Å². The maximum atomic E-state index is 13.1. The van der Waals surface area contributed by atoms with Crippen molar-refractivity contribution in [2.75, 3.05) is 13.2 Å². The molecule has 0 aromatic heterocycles. The highest BCUT2D eigenvalue weighted by molar-refractivity contribution is 5.89. The summed E-state index contributed by atoms with van der Waals surface area (Å²) in [4.78, 5) is 15.3. The molecule has 2 heterocycles. The van der Waals surface area contributed by atoms with Crippen LogP contribution in [0.15, 0.2) is 0 Å². The van der Waals surface area contributed by atoms with E-state index in [1.54, 1.807) is 0 Å². The summed E-state index contributed by atoms with van der Waals surface area (Å²) in [5.41, 5.74) is -0.243. The molecule has 0 bridgehead atoms. The van der Waals surface area contributed by atoms with Gasteiger partial charge in [0.05, 0.1) is 18.3 Å². The van der Waals surface area contributed by atoms with E-state index in [2.05, 4.69) is 31.0 Å². The second kappa shape index (κ2) is 5.88. The normalized spacial score (nSPS) is 33.5. The first-order valence-electron chi connectivity index (χ1n) is 8.72. The van der Waals surface area contributed by atoms with Gasteiger partial charge < -0.3 is 9.64 Å². The minimum Gasteiger partial charge on any atom is -0.381 e. The molecule has 0 aromatic rings. The predicted octanol–water partition coefficient (Wildman–Crippen LogP) is 2.53. The predicted molar refractivity (Wildman–Crippen MR) is 82.8 cm³/mol. The van der Waals surface area contributed by atoms with Crippen molar-refractivity contribution in [3.8, 4) is 0 Å². The van der Waals surface area contributed by atoms with Crippen molar-refractivity contribution in [2.24, 2.45) is 11.8 Å². The highest BCUT2D eigenvalue weighted by Gasteiger charge is 2.54. The molecule has 3 unspecified atom stereocenters. The Balaban J connectivity index is 1.81. The Hall–Kier alpha value is -0.610. The van der Waals surface area contributed by atoms with E-state index in [9.17, 15) is 4.79 Å². The Kier molecular flexibility index (Phi) is 4.28. The molecule has 21 heavy (non-hydrogen) atoms. The first-order chi connectivity index (χ1) is 10.0. The Morgan fingerprint density at radius 2 is 2.05 bits per heavy atom. The Morgan fingerprint density at radius 1 is 1.33 bits per heavy atom. The molecule has 3 aliphatic rings. The lowest BCUT2D eigenvalue weighted by Crippen LogP contribution is -2.47. The average Bonchev–Trinajstić information content (AvgIpc) is 3.13. The minimum absolute atomic E-state index is 0.214. The number of carbonyl (C=O) groups is 1. The van der Waals surface area contributed by atoms with E-state index in [1.165, 1.54) is 12.8 Å². The summed E-state index contributed by atoms with van der Waals surface area (Å²) < 4.78 is 5.55. The van der Waals surface area contributed by atoms with Crippen molar-refractivity contribution in [3.05, 3.63) is 0 Å². The third-order valence-corrected chi connectivity index (χ3v) is 5.66. The number of hydrogen-bond donors (Lipinski definition) is 1. The van der Waals surface area contributed by atoms with Crippen LogP contribution in [-0.4, -0.2) is 41.8 Å². The zero-order chi connectivity index (χ0) is 15.0. The van der Waals surface area contributed by atoms with E-state index < -0.39 is 0 Å². The monoisotopic (exact) mass is 294 g/mol. The van der Waals surface area contributed by atoms with Gasteiger partial charge in [-0.15, -0.1) is 0 Å². The molecule has 2 aliphatic heterocycles. The fourth-order valence-corrected chi connectivity index (χ4v) is 4.42. The lowest BCUT2D eigenvalue weighted by Gasteiger charge is -2.34. The van der Waals surface area contributed by atoms with Crippen molar-refractivity contribution in [3.63, 3.8) is 0 Å². The first kappa shape index (κ1) is 15.3. The van der Waals surface area contributed by atoms with Gasteiger partial charge in [-0.2, -0.15) is 0 Å². The summed E-state index contributed by atoms with van der Waals surface area (Å²) in [6, 6.07) is 0.288. The third kappa shape index (κ3) is 2.72. The minimum atomic E-state index is -0.243. The number of rotatable bonds is 4. The molecule has 3 rings (SSSR count). The quantitative estimate of drug-likeness (QED) is 0.866. The van der Waals surface area contributed by atoms with E-state index in [0.29, 0.717) is 17.7 Å². The van der Waals surface area contributed by atoms with Crippen LogP contribution < -0.4 is 5.32 Å². The summed E-state index contributed by atoms with van der Waals surface area (Å²) in [5.74, 6) is 1.47. The van der Waals surface area contributed by atoms with Crippen LogP contribution in [0, 0.1) is 11.8 Å². The topological polar surface area (TPSA) is 41.6 Å². The molecule has 4 nitrogen and oxygen atoms in total. The summed E-state index contributed by atoms with van der Waals surface area (Å²) in [6.07, 6.45) is 6.75. The van der Waals surface area contributed by atoms with Crippen LogP contribution in [0.3, 0.4) is 0 Å². The molecule has 3 fully saturated rings. The average molecular weight is 294 g/mol. The molecule has 1 aliphatic carbocycles. The highest BCUT2D eigenvalue weighted by atomic mass is 16.5. The lowest BCUT2D eigenvalue weighted by atomic mass is 9.95. The van der Waals surface area contributed by atoms with Gasteiger partial charge in [0.2, 0.25) is 5.91 Å². The van der Waals surface area contributed by atoms with E-state index in [0.717, 1.165) is 38.9 Å². The largest absolute Gasteiger partial charge is 0.381 e. The van der Waals surface area contributed by atoms with Gasteiger partial charge in [-0.05, 0) is 38.5 Å². The molecule has 1 amide bonds. The van der Waals surface area contributed by atoms with Crippen LogP contribution in [0.4, 0.5) is 0 Å². The summed E-state index contributed by atoms with van der Waals surface area (Å²) in [5, 5.41) is 3.74. The second-order valence-electron chi connectivity index (χ2n) is 7.66. The molecular formula is C17H30N2O2. The number of ether oxygens (including phenoxy) is 1. The van der Waals surface area contributed by atoms with Crippen LogP contribution >= 0.6 is 0 Å². The Labute approximate surface area is 128 Å². The lowest BCUT2D eigenvalue weighted by molar-refractivity contribution is -0.136. The first-order valence-corrected chi connectivity index (χ1v) is 8.72. The van der Waals surface area contributed by atoms with Crippen LogP contribution in [0.25, 0.3) is 0 Å². The summed E-state index contributed by atoms with van der Waals surface area (Å²) in [7, 11) is 0. The molecular weight excluding hydrogens is 264 g/mol. The van der Waals surface area contributed by atoms with Gasteiger partial charge in [-0.3, -0.25) is 10.1 Å². The van der Waals surface area contributed by atoms with Gasteiger partial charge in [-0.1, -0.05) is 26.7 Å². The van der Waals surface area contributed by atoms with Gasteiger partial charge in [0.1, 0.15) is 0 Å². The molecule has 1 N–H and O–H groups in total. The molecule has 120 valence electrons. The number of nitrogens with zero attached hydrogens (tertiary/aromatic N) is 1. The van der Waals surface area contributed by atoms with Gasteiger partial charge in [0.25, 0.3) is 0 Å². The SMILES string of the molecule is CC(C)CC1NC2(CCCC2)C(=O)N1C(C)C1CCOC1. The van der Waals surface area contributed by atoms with Crippen LogP contribution in [0.1, 0.15) is 59.3 Å². The number of carbonyl (C=O) groups excluding carboxylic acids is 1. The summed E-state index contributed by atoms with van der Waals surface area (Å²) in [6.45, 7) is 8.37. The van der Waals surface area contributed by atoms with E-state index in [-0.39, 0.29) is 17.7 Å².